The van der Waals surface area contributed by atoms with Crippen molar-refractivity contribution in [1.82, 2.24) is 19.9 Å². The van der Waals surface area contributed by atoms with Gasteiger partial charge in [0.05, 0.1) is 11.4 Å². The summed E-state index contributed by atoms with van der Waals surface area (Å²) < 4.78 is 0. The van der Waals surface area contributed by atoms with E-state index in [1.165, 1.54) is 0 Å². The van der Waals surface area contributed by atoms with E-state index in [0.717, 1.165) is 27.9 Å². The summed E-state index contributed by atoms with van der Waals surface area (Å²) >= 11 is 0. The zero-order chi connectivity index (χ0) is 17.9. The molecule has 3 aromatic heterocycles. The lowest BCUT2D eigenvalue weighted by atomic mass is 10.1. The van der Waals surface area contributed by atoms with Gasteiger partial charge in [-0.1, -0.05) is 24.3 Å². The topological polar surface area (TPSA) is 83.6 Å². The first-order chi connectivity index (χ1) is 12.7. The minimum absolute atomic E-state index is 0.117. The molecule has 0 saturated carbocycles. The Balaban J connectivity index is 1.65. The van der Waals surface area contributed by atoms with Gasteiger partial charge >= 0.3 is 0 Å². The summed E-state index contributed by atoms with van der Waals surface area (Å²) in [6, 6.07) is 16.9. The van der Waals surface area contributed by atoms with Crippen LogP contribution >= 0.6 is 0 Å². The van der Waals surface area contributed by atoms with Crippen molar-refractivity contribution in [2.45, 2.75) is 13.5 Å². The van der Waals surface area contributed by atoms with Crippen molar-refractivity contribution >= 4 is 16.7 Å². The van der Waals surface area contributed by atoms with Gasteiger partial charge in [-0.15, -0.1) is 0 Å². The normalized spacial score (nSPS) is 10.8. The van der Waals surface area contributed by atoms with E-state index in [1.807, 2.05) is 55.5 Å². The van der Waals surface area contributed by atoms with Crippen LogP contribution in [0.3, 0.4) is 0 Å². The average Bonchev–Trinajstić information content (AvgIpc) is 2.66. The fourth-order valence-electron chi connectivity index (χ4n) is 2.91. The van der Waals surface area contributed by atoms with Gasteiger partial charge in [-0.05, 0) is 30.7 Å². The van der Waals surface area contributed by atoms with Gasteiger partial charge in [-0.2, -0.15) is 0 Å². The predicted molar refractivity (Wildman–Crippen MR) is 102 cm³/mol. The van der Waals surface area contributed by atoms with Crippen LogP contribution < -0.4 is 10.9 Å². The smallest absolute Gasteiger partial charge is 0.248 e. The number of anilines is 1. The van der Waals surface area contributed by atoms with Crippen molar-refractivity contribution < 1.29 is 0 Å². The Morgan fingerprint density at radius 1 is 1.00 bits per heavy atom. The molecule has 0 bridgehead atoms. The number of hydrogen-bond acceptors (Lipinski definition) is 5. The Hall–Kier alpha value is -3.54. The lowest BCUT2D eigenvalue weighted by Crippen LogP contribution is -2.10. The van der Waals surface area contributed by atoms with Crippen molar-refractivity contribution in [3.8, 4) is 11.4 Å². The highest BCUT2D eigenvalue weighted by Crippen LogP contribution is 2.19. The third-order valence-electron chi connectivity index (χ3n) is 4.06. The van der Waals surface area contributed by atoms with Crippen LogP contribution in [0.2, 0.25) is 0 Å². The Morgan fingerprint density at radius 3 is 2.69 bits per heavy atom. The average molecular weight is 343 g/mol. The summed E-state index contributed by atoms with van der Waals surface area (Å²) in [7, 11) is 0. The van der Waals surface area contributed by atoms with E-state index >= 15 is 0 Å². The van der Waals surface area contributed by atoms with Gasteiger partial charge in [0.2, 0.25) is 5.56 Å². The number of para-hydroxylation sites is 1. The van der Waals surface area contributed by atoms with E-state index in [-0.39, 0.29) is 5.56 Å². The number of fused-ring (bicyclic) bond motifs is 1. The maximum atomic E-state index is 11.9. The molecule has 6 nitrogen and oxygen atoms in total. The highest BCUT2D eigenvalue weighted by atomic mass is 16.1. The third-order valence-corrected chi connectivity index (χ3v) is 4.06. The molecule has 0 aliphatic rings. The van der Waals surface area contributed by atoms with Gasteiger partial charge in [0.15, 0.2) is 0 Å². The second kappa shape index (κ2) is 6.76. The van der Waals surface area contributed by atoms with E-state index in [1.54, 1.807) is 12.3 Å². The lowest BCUT2D eigenvalue weighted by molar-refractivity contribution is 1.02. The molecule has 0 fully saturated rings. The molecule has 1 aromatic carbocycles. The van der Waals surface area contributed by atoms with E-state index < -0.39 is 0 Å². The molecule has 0 amide bonds. The number of rotatable bonds is 4. The van der Waals surface area contributed by atoms with Crippen LogP contribution in [-0.2, 0) is 6.54 Å². The van der Waals surface area contributed by atoms with Crippen molar-refractivity contribution in [1.29, 1.82) is 0 Å². The van der Waals surface area contributed by atoms with Crippen LogP contribution in [0.25, 0.3) is 22.3 Å². The fraction of sp³-hybridized carbons (Fsp3) is 0.100. The van der Waals surface area contributed by atoms with Crippen LogP contribution in [0, 0.1) is 6.92 Å². The van der Waals surface area contributed by atoms with E-state index in [0.29, 0.717) is 18.2 Å². The summed E-state index contributed by atoms with van der Waals surface area (Å²) in [6.07, 6.45) is 1.74. The molecular weight excluding hydrogens is 326 g/mol. The molecule has 3 heterocycles. The van der Waals surface area contributed by atoms with Crippen molar-refractivity contribution in [2.75, 3.05) is 5.32 Å². The van der Waals surface area contributed by atoms with Crippen LogP contribution in [0.5, 0.6) is 0 Å². The highest BCUT2D eigenvalue weighted by Gasteiger charge is 2.07. The highest BCUT2D eigenvalue weighted by molar-refractivity contribution is 5.82. The molecule has 128 valence electrons. The van der Waals surface area contributed by atoms with Crippen LogP contribution in [-0.4, -0.2) is 19.9 Å². The Bertz CT molecular complexity index is 1120. The van der Waals surface area contributed by atoms with E-state index in [2.05, 4.69) is 25.3 Å². The Labute approximate surface area is 150 Å². The van der Waals surface area contributed by atoms with Crippen molar-refractivity contribution in [3.05, 3.63) is 82.5 Å². The van der Waals surface area contributed by atoms with Crippen LogP contribution in [0.4, 0.5) is 5.82 Å². The zero-order valence-corrected chi connectivity index (χ0v) is 14.2. The molecule has 0 atom stereocenters. The number of aromatic amines is 1. The largest absolute Gasteiger partial charge is 0.366 e. The standard InChI is InChI=1S/C20H17N5O/c1-13-23-18(17-8-4-5-9-21-17)11-19(24-13)22-12-14-10-20(26)25-16-7-3-2-6-15(14)16/h2-11H,12H2,1H3,(H,25,26)(H,22,23,24). The number of aryl methyl sites for hydroxylation is 1. The second-order valence-electron chi connectivity index (χ2n) is 5.96. The summed E-state index contributed by atoms with van der Waals surface area (Å²) in [5, 5.41) is 4.31. The number of H-pyrrole nitrogens is 1. The van der Waals surface area contributed by atoms with Gasteiger partial charge in [0.1, 0.15) is 11.6 Å². The fourth-order valence-corrected chi connectivity index (χ4v) is 2.91. The van der Waals surface area contributed by atoms with Crippen molar-refractivity contribution in [3.63, 3.8) is 0 Å². The molecule has 0 radical (unpaired) electrons. The summed E-state index contributed by atoms with van der Waals surface area (Å²) in [5.74, 6) is 1.36. The van der Waals surface area contributed by atoms with Crippen molar-refractivity contribution in [2.24, 2.45) is 0 Å². The summed E-state index contributed by atoms with van der Waals surface area (Å²) in [6.45, 7) is 2.34. The van der Waals surface area contributed by atoms with Gasteiger partial charge in [0.25, 0.3) is 0 Å². The van der Waals surface area contributed by atoms with E-state index in [4.69, 9.17) is 0 Å². The molecule has 0 spiro atoms. The first kappa shape index (κ1) is 16.0. The SMILES string of the molecule is Cc1nc(NCc2cc(=O)[nH]c3ccccc23)cc(-c2ccccn2)n1. The summed E-state index contributed by atoms with van der Waals surface area (Å²) in [4.78, 5) is 28.0. The zero-order valence-electron chi connectivity index (χ0n) is 14.2. The third kappa shape index (κ3) is 3.30. The van der Waals surface area contributed by atoms with Crippen LogP contribution in [0.15, 0.2) is 65.6 Å². The number of pyridine rings is 2. The molecule has 4 aromatic rings. The molecule has 6 heteroatoms. The minimum Gasteiger partial charge on any atom is -0.366 e. The Morgan fingerprint density at radius 2 is 1.85 bits per heavy atom. The maximum absolute atomic E-state index is 11.9. The second-order valence-corrected chi connectivity index (χ2v) is 5.96. The number of nitrogens with zero attached hydrogens (tertiary/aromatic N) is 3. The number of hydrogen-bond donors (Lipinski definition) is 2. The van der Waals surface area contributed by atoms with Gasteiger partial charge in [-0.3, -0.25) is 9.78 Å². The molecule has 0 aliphatic carbocycles. The predicted octanol–water partition coefficient (Wildman–Crippen LogP) is 3.30. The molecule has 0 saturated heterocycles. The Kier molecular flexibility index (Phi) is 4.15. The molecule has 0 unspecified atom stereocenters. The monoisotopic (exact) mass is 343 g/mol. The van der Waals surface area contributed by atoms with Gasteiger partial charge in [-0.25, -0.2) is 9.97 Å². The molecule has 0 aliphatic heterocycles. The van der Waals surface area contributed by atoms with Gasteiger partial charge < -0.3 is 10.3 Å². The number of aromatic nitrogens is 4. The van der Waals surface area contributed by atoms with Crippen LogP contribution in [0.1, 0.15) is 11.4 Å². The lowest BCUT2D eigenvalue weighted by Gasteiger charge is -2.10. The number of benzene rings is 1. The summed E-state index contributed by atoms with van der Waals surface area (Å²) in [5.41, 5.74) is 3.18. The quantitative estimate of drug-likeness (QED) is 0.594. The molecule has 4 rings (SSSR count). The van der Waals surface area contributed by atoms with E-state index in [9.17, 15) is 4.79 Å². The first-order valence-corrected chi connectivity index (χ1v) is 8.31. The minimum atomic E-state index is -0.117. The number of nitrogens with one attached hydrogen (secondary N) is 2. The first-order valence-electron chi connectivity index (χ1n) is 8.31. The maximum Gasteiger partial charge on any atom is 0.248 e. The molecule has 26 heavy (non-hydrogen) atoms. The molecular formula is C20H17N5O. The molecule has 2 N–H and O–H groups in total. The van der Waals surface area contributed by atoms with Gasteiger partial charge in [0, 0.05) is 35.8 Å².